The third-order valence-corrected chi connectivity index (χ3v) is 3.68. The molecule has 6 heteroatoms. The molecule has 0 aliphatic heterocycles. The molecule has 0 atom stereocenters. The molecule has 1 N–H and O–H groups in total. The first-order valence-corrected chi connectivity index (χ1v) is 6.90. The molecule has 0 aromatic heterocycles. The SMILES string of the molecule is COc1cc(NC2CCCCCC2)c(F)cc1[N+](=O)[O-]. The molecule has 5 nitrogen and oxygen atoms in total. The number of anilines is 1. The number of nitrogens with one attached hydrogen (secondary N) is 1. The highest BCUT2D eigenvalue weighted by molar-refractivity contribution is 5.59. The lowest BCUT2D eigenvalue weighted by Gasteiger charge is -2.18. The molecule has 1 aliphatic carbocycles. The first-order chi connectivity index (χ1) is 9.61. The monoisotopic (exact) mass is 282 g/mol. The lowest BCUT2D eigenvalue weighted by Crippen LogP contribution is -2.19. The van der Waals surface area contributed by atoms with Crippen LogP contribution in [0.2, 0.25) is 0 Å². The maximum absolute atomic E-state index is 14.0. The van der Waals surface area contributed by atoms with Gasteiger partial charge in [0.05, 0.1) is 23.8 Å². The van der Waals surface area contributed by atoms with Gasteiger partial charge in [-0.15, -0.1) is 0 Å². The number of hydrogen-bond donors (Lipinski definition) is 1. The second-order valence-electron chi connectivity index (χ2n) is 5.09. The number of hydrogen-bond acceptors (Lipinski definition) is 4. The van der Waals surface area contributed by atoms with E-state index < -0.39 is 10.7 Å². The Morgan fingerprint density at radius 1 is 1.30 bits per heavy atom. The van der Waals surface area contributed by atoms with E-state index in [1.807, 2.05) is 0 Å². The van der Waals surface area contributed by atoms with Crippen LogP contribution < -0.4 is 10.1 Å². The van der Waals surface area contributed by atoms with Gasteiger partial charge in [0.25, 0.3) is 0 Å². The van der Waals surface area contributed by atoms with Crippen molar-refractivity contribution in [2.24, 2.45) is 0 Å². The van der Waals surface area contributed by atoms with E-state index in [0.29, 0.717) is 0 Å². The highest BCUT2D eigenvalue weighted by Crippen LogP contribution is 2.33. The Kier molecular flexibility index (Phi) is 4.76. The molecule has 0 bridgehead atoms. The van der Waals surface area contributed by atoms with Crippen LogP contribution in [0.4, 0.5) is 15.8 Å². The minimum Gasteiger partial charge on any atom is -0.490 e. The summed E-state index contributed by atoms with van der Waals surface area (Å²) in [6.07, 6.45) is 6.68. The van der Waals surface area contributed by atoms with Gasteiger partial charge in [0.15, 0.2) is 11.6 Å². The van der Waals surface area contributed by atoms with Crippen LogP contribution in [0, 0.1) is 15.9 Å². The fourth-order valence-corrected chi connectivity index (χ4v) is 2.60. The largest absolute Gasteiger partial charge is 0.490 e. The molecule has 20 heavy (non-hydrogen) atoms. The zero-order valence-electron chi connectivity index (χ0n) is 11.5. The molecule has 0 amide bonds. The van der Waals surface area contributed by atoms with Gasteiger partial charge in [-0.25, -0.2) is 4.39 Å². The van der Waals surface area contributed by atoms with Crippen molar-refractivity contribution in [2.75, 3.05) is 12.4 Å². The Hall–Kier alpha value is -1.85. The third-order valence-electron chi connectivity index (χ3n) is 3.68. The average Bonchev–Trinajstić information content (AvgIpc) is 2.69. The summed E-state index contributed by atoms with van der Waals surface area (Å²) >= 11 is 0. The van der Waals surface area contributed by atoms with Crippen LogP contribution in [0.1, 0.15) is 38.5 Å². The first-order valence-electron chi connectivity index (χ1n) is 6.90. The van der Waals surface area contributed by atoms with Gasteiger partial charge in [-0.2, -0.15) is 0 Å². The molecule has 1 fully saturated rings. The summed E-state index contributed by atoms with van der Waals surface area (Å²) in [5.41, 5.74) is -0.0734. The molecule has 0 unspecified atom stereocenters. The Morgan fingerprint density at radius 2 is 1.95 bits per heavy atom. The minimum absolute atomic E-state index is 0.0764. The summed E-state index contributed by atoms with van der Waals surface area (Å²) in [6, 6.07) is 2.51. The van der Waals surface area contributed by atoms with E-state index in [1.54, 1.807) is 0 Å². The first kappa shape index (κ1) is 14.6. The van der Waals surface area contributed by atoms with Crippen molar-refractivity contribution >= 4 is 11.4 Å². The van der Waals surface area contributed by atoms with Gasteiger partial charge in [-0.1, -0.05) is 25.7 Å². The van der Waals surface area contributed by atoms with E-state index >= 15 is 0 Å². The molecule has 110 valence electrons. The van der Waals surface area contributed by atoms with E-state index in [4.69, 9.17) is 4.74 Å². The van der Waals surface area contributed by atoms with Gasteiger partial charge < -0.3 is 10.1 Å². The summed E-state index contributed by atoms with van der Waals surface area (Å²) in [6.45, 7) is 0. The molecule has 2 rings (SSSR count). The van der Waals surface area contributed by atoms with Crippen molar-refractivity contribution in [3.05, 3.63) is 28.1 Å². The van der Waals surface area contributed by atoms with Gasteiger partial charge in [0, 0.05) is 12.1 Å². The highest BCUT2D eigenvalue weighted by Gasteiger charge is 2.21. The Morgan fingerprint density at radius 3 is 2.50 bits per heavy atom. The van der Waals surface area contributed by atoms with Crippen molar-refractivity contribution in [3.63, 3.8) is 0 Å². The smallest absolute Gasteiger partial charge is 0.313 e. The van der Waals surface area contributed by atoms with Gasteiger partial charge in [0.2, 0.25) is 0 Å². The van der Waals surface area contributed by atoms with Crippen molar-refractivity contribution in [2.45, 2.75) is 44.6 Å². The van der Waals surface area contributed by atoms with E-state index in [1.165, 1.54) is 26.0 Å². The Bertz CT molecular complexity index is 486. The number of halogens is 1. The zero-order chi connectivity index (χ0) is 14.5. The van der Waals surface area contributed by atoms with Crippen LogP contribution in [0.25, 0.3) is 0 Å². The molecule has 1 aliphatic rings. The second-order valence-corrected chi connectivity index (χ2v) is 5.09. The fraction of sp³-hybridized carbons (Fsp3) is 0.571. The Labute approximate surface area is 117 Å². The number of ether oxygens (including phenoxy) is 1. The highest BCUT2D eigenvalue weighted by atomic mass is 19.1. The van der Waals surface area contributed by atoms with E-state index in [-0.39, 0.29) is 23.2 Å². The second kappa shape index (κ2) is 6.54. The fourth-order valence-electron chi connectivity index (χ4n) is 2.60. The summed E-state index contributed by atoms with van der Waals surface area (Å²) < 4.78 is 18.9. The molecule has 0 spiro atoms. The predicted octanol–water partition coefficient (Wildman–Crippen LogP) is 3.88. The third kappa shape index (κ3) is 3.37. The van der Waals surface area contributed by atoms with E-state index in [0.717, 1.165) is 31.7 Å². The topological polar surface area (TPSA) is 64.4 Å². The van der Waals surface area contributed by atoms with Crippen molar-refractivity contribution in [3.8, 4) is 5.75 Å². The quantitative estimate of drug-likeness (QED) is 0.517. The number of rotatable bonds is 4. The standard InChI is InChI=1S/C14H19FN2O3/c1-20-14-9-12(11(15)8-13(14)17(18)19)16-10-6-4-2-3-5-7-10/h8-10,16H,2-7H2,1H3. The summed E-state index contributed by atoms with van der Waals surface area (Å²) in [5, 5.41) is 14.0. The van der Waals surface area contributed by atoms with Crippen LogP contribution in [0.15, 0.2) is 12.1 Å². The summed E-state index contributed by atoms with van der Waals surface area (Å²) in [4.78, 5) is 10.2. The number of nitro groups is 1. The van der Waals surface area contributed by atoms with Crippen LogP contribution in [-0.4, -0.2) is 18.1 Å². The van der Waals surface area contributed by atoms with Crippen molar-refractivity contribution in [1.29, 1.82) is 0 Å². The molecule has 1 saturated carbocycles. The van der Waals surface area contributed by atoms with E-state index in [9.17, 15) is 14.5 Å². The maximum Gasteiger partial charge on any atom is 0.313 e. The number of nitro benzene ring substituents is 1. The van der Waals surface area contributed by atoms with E-state index in [2.05, 4.69) is 5.32 Å². The number of methoxy groups -OCH3 is 1. The average molecular weight is 282 g/mol. The zero-order valence-corrected chi connectivity index (χ0v) is 11.5. The molecular weight excluding hydrogens is 263 g/mol. The van der Waals surface area contributed by atoms with Crippen molar-refractivity contribution in [1.82, 2.24) is 0 Å². The molecule has 0 heterocycles. The van der Waals surface area contributed by atoms with Crippen molar-refractivity contribution < 1.29 is 14.1 Å². The van der Waals surface area contributed by atoms with Gasteiger partial charge in [-0.05, 0) is 12.8 Å². The summed E-state index contributed by atoms with van der Waals surface area (Å²) in [5.74, 6) is -0.533. The Balaban J connectivity index is 2.20. The van der Waals surface area contributed by atoms with Crippen LogP contribution in [-0.2, 0) is 0 Å². The molecule has 0 radical (unpaired) electrons. The molecule has 0 saturated heterocycles. The molecule has 1 aromatic rings. The lowest BCUT2D eigenvalue weighted by molar-refractivity contribution is -0.385. The molecule has 1 aromatic carbocycles. The van der Waals surface area contributed by atoms with Crippen LogP contribution in [0.5, 0.6) is 5.75 Å². The maximum atomic E-state index is 14.0. The van der Waals surface area contributed by atoms with Crippen LogP contribution in [0.3, 0.4) is 0 Å². The molecular formula is C14H19FN2O3. The van der Waals surface area contributed by atoms with Gasteiger partial charge in [-0.3, -0.25) is 10.1 Å². The minimum atomic E-state index is -0.642. The van der Waals surface area contributed by atoms with Gasteiger partial charge >= 0.3 is 5.69 Å². The van der Waals surface area contributed by atoms with Gasteiger partial charge in [0.1, 0.15) is 0 Å². The number of benzene rings is 1. The normalized spacial score (nSPS) is 16.5. The van der Waals surface area contributed by atoms with Crippen LogP contribution >= 0.6 is 0 Å². The lowest BCUT2D eigenvalue weighted by atomic mass is 10.1. The summed E-state index contributed by atoms with van der Waals surface area (Å²) in [7, 11) is 1.34. The number of nitrogens with zero attached hydrogens (tertiary/aromatic N) is 1. The predicted molar refractivity (Wildman–Crippen MR) is 74.7 cm³/mol.